The fourth-order valence-electron chi connectivity index (χ4n) is 2.31. The highest BCUT2D eigenvalue weighted by Crippen LogP contribution is 2.26. The Morgan fingerprint density at radius 3 is 2.96 bits per heavy atom. The van der Waals surface area contributed by atoms with E-state index in [-0.39, 0.29) is 34.4 Å². The third-order valence-electron chi connectivity index (χ3n) is 3.64. The standard InChI is InChI=1S/C15H15Cl2N5O3S/c1-8(14(24)19-13-10(17)5-9(16)6-18-13)26-15-21-20-11(25-15)7-22-4-2-3-12(22)23/h5-6,8H,2-4,7H2,1H3,(H,18,19,24)/t8-/m1/s1. The van der Waals surface area contributed by atoms with E-state index in [1.807, 2.05) is 0 Å². The third kappa shape index (κ3) is 4.66. The van der Waals surface area contributed by atoms with Crippen molar-refractivity contribution in [3.05, 3.63) is 28.2 Å². The summed E-state index contributed by atoms with van der Waals surface area (Å²) in [6, 6.07) is 1.49. The van der Waals surface area contributed by atoms with Crippen LogP contribution in [-0.2, 0) is 16.1 Å². The Balaban J connectivity index is 1.56. The van der Waals surface area contributed by atoms with Gasteiger partial charge in [-0.25, -0.2) is 4.98 Å². The fourth-order valence-corrected chi connectivity index (χ4v) is 3.44. The van der Waals surface area contributed by atoms with Crippen molar-refractivity contribution in [2.75, 3.05) is 11.9 Å². The summed E-state index contributed by atoms with van der Waals surface area (Å²) in [5.41, 5.74) is 0. The van der Waals surface area contributed by atoms with Gasteiger partial charge in [0.15, 0.2) is 5.82 Å². The number of aromatic nitrogens is 3. The van der Waals surface area contributed by atoms with E-state index in [4.69, 9.17) is 27.6 Å². The topological polar surface area (TPSA) is 101 Å². The van der Waals surface area contributed by atoms with Crippen molar-refractivity contribution in [3.63, 3.8) is 0 Å². The van der Waals surface area contributed by atoms with Gasteiger partial charge in [0.1, 0.15) is 0 Å². The van der Waals surface area contributed by atoms with Crippen LogP contribution in [0.5, 0.6) is 0 Å². The zero-order valence-corrected chi connectivity index (χ0v) is 16.1. The molecule has 0 aliphatic carbocycles. The molecule has 3 rings (SSSR count). The number of carbonyl (C=O) groups is 2. The largest absolute Gasteiger partial charge is 0.414 e. The molecule has 3 heterocycles. The Kier molecular flexibility index (Phi) is 6.00. The number of halogens is 2. The van der Waals surface area contributed by atoms with Gasteiger partial charge < -0.3 is 14.6 Å². The SMILES string of the molecule is C[C@@H](Sc1nnc(CN2CCCC2=O)o1)C(=O)Nc1ncc(Cl)cc1Cl. The van der Waals surface area contributed by atoms with E-state index in [0.29, 0.717) is 23.9 Å². The molecular weight excluding hydrogens is 401 g/mol. The lowest BCUT2D eigenvalue weighted by Gasteiger charge is -2.12. The molecule has 2 aromatic rings. The summed E-state index contributed by atoms with van der Waals surface area (Å²) in [4.78, 5) is 29.6. The van der Waals surface area contributed by atoms with Crippen LogP contribution in [0.2, 0.25) is 10.0 Å². The first-order chi connectivity index (χ1) is 12.4. The summed E-state index contributed by atoms with van der Waals surface area (Å²) < 4.78 is 5.51. The molecule has 11 heteroatoms. The summed E-state index contributed by atoms with van der Waals surface area (Å²) >= 11 is 12.9. The lowest BCUT2D eigenvalue weighted by Crippen LogP contribution is -2.24. The predicted molar refractivity (Wildman–Crippen MR) is 97.2 cm³/mol. The Hall–Kier alpha value is -1.84. The number of amides is 2. The lowest BCUT2D eigenvalue weighted by molar-refractivity contribution is -0.128. The summed E-state index contributed by atoms with van der Waals surface area (Å²) in [5.74, 6) is 0.337. The monoisotopic (exact) mass is 415 g/mol. The summed E-state index contributed by atoms with van der Waals surface area (Å²) in [7, 11) is 0. The number of likely N-dealkylation sites (tertiary alicyclic amines) is 1. The van der Waals surface area contributed by atoms with E-state index >= 15 is 0 Å². The molecule has 138 valence electrons. The number of nitrogens with zero attached hydrogens (tertiary/aromatic N) is 4. The van der Waals surface area contributed by atoms with Gasteiger partial charge in [-0.1, -0.05) is 35.0 Å². The molecule has 26 heavy (non-hydrogen) atoms. The second-order valence-electron chi connectivity index (χ2n) is 5.61. The number of anilines is 1. The number of nitrogens with one attached hydrogen (secondary N) is 1. The van der Waals surface area contributed by atoms with Gasteiger partial charge in [0.05, 0.1) is 21.8 Å². The number of carbonyl (C=O) groups excluding carboxylic acids is 2. The van der Waals surface area contributed by atoms with E-state index in [2.05, 4.69) is 20.5 Å². The highest BCUT2D eigenvalue weighted by molar-refractivity contribution is 8.00. The van der Waals surface area contributed by atoms with Crippen molar-refractivity contribution in [1.82, 2.24) is 20.1 Å². The Morgan fingerprint density at radius 2 is 2.27 bits per heavy atom. The average Bonchev–Trinajstić information content (AvgIpc) is 3.20. The first-order valence-corrected chi connectivity index (χ1v) is 9.44. The molecule has 2 aromatic heterocycles. The van der Waals surface area contributed by atoms with Gasteiger partial charge in [0.2, 0.25) is 17.7 Å². The van der Waals surface area contributed by atoms with Gasteiger partial charge in [-0.15, -0.1) is 10.2 Å². The maximum atomic E-state index is 12.3. The van der Waals surface area contributed by atoms with Crippen LogP contribution in [0.25, 0.3) is 0 Å². The first kappa shape index (κ1) is 18.9. The lowest BCUT2D eigenvalue weighted by atomic mass is 10.4. The Bertz CT molecular complexity index is 831. The molecule has 0 saturated carbocycles. The van der Waals surface area contributed by atoms with Crippen molar-refractivity contribution in [3.8, 4) is 0 Å². The van der Waals surface area contributed by atoms with E-state index in [0.717, 1.165) is 18.2 Å². The van der Waals surface area contributed by atoms with Crippen molar-refractivity contribution >= 4 is 52.6 Å². The number of hydrogen-bond donors (Lipinski definition) is 1. The second-order valence-corrected chi connectivity index (χ2v) is 7.75. The predicted octanol–water partition coefficient (Wildman–Crippen LogP) is 3.01. The molecule has 1 N–H and O–H groups in total. The summed E-state index contributed by atoms with van der Waals surface area (Å²) in [5, 5.41) is 10.8. The number of thioether (sulfide) groups is 1. The van der Waals surface area contributed by atoms with Crippen LogP contribution >= 0.6 is 35.0 Å². The maximum absolute atomic E-state index is 12.3. The molecule has 0 spiro atoms. The normalized spacial score (nSPS) is 15.3. The van der Waals surface area contributed by atoms with E-state index in [9.17, 15) is 9.59 Å². The van der Waals surface area contributed by atoms with Gasteiger partial charge in [-0.05, 0) is 19.4 Å². The Morgan fingerprint density at radius 1 is 1.46 bits per heavy atom. The zero-order valence-electron chi connectivity index (χ0n) is 13.7. The molecule has 1 aliphatic heterocycles. The van der Waals surface area contributed by atoms with E-state index in [1.165, 1.54) is 12.3 Å². The minimum Gasteiger partial charge on any atom is -0.414 e. The van der Waals surface area contributed by atoms with Crippen LogP contribution in [0.15, 0.2) is 21.9 Å². The summed E-state index contributed by atoms with van der Waals surface area (Å²) in [6.45, 7) is 2.67. The molecule has 0 unspecified atom stereocenters. The third-order valence-corrected chi connectivity index (χ3v) is 5.07. The minimum absolute atomic E-state index is 0.0810. The van der Waals surface area contributed by atoms with Crippen molar-refractivity contribution in [2.24, 2.45) is 0 Å². The molecule has 0 bridgehead atoms. The van der Waals surface area contributed by atoms with Gasteiger partial charge >= 0.3 is 0 Å². The summed E-state index contributed by atoms with van der Waals surface area (Å²) in [6.07, 6.45) is 2.78. The molecule has 1 fully saturated rings. The first-order valence-electron chi connectivity index (χ1n) is 7.81. The molecule has 1 atom stereocenters. The van der Waals surface area contributed by atoms with Gasteiger partial charge in [0.25, 0.3) is 5.22 Å². The molecule has 1 aliphatic rings. The fraction of sp³-hybridized carbons (Fsp3) is 0.400. The molecule has 2 amide bonds. The molecule has 0 radical (unpaired) electrons. The minimum atomic E-state index is -0.523. The highest BCUT2D eigenvalue weighted by atomic mass is 35.5. The van der Waals surface area contributed by atoms with Crippen molar-refractivity contribution in [2.45, 2.75) is 36.8 Å². The van der Waals surface area contributed by atoms with E-state index < -0.39 is 5.25 Å². The zero-order chi connectivity index (χ0) is 18.7. The van der Waals surface area contributed by atoms with E-state index in [1.54, 1.807) is 11.8 Å². The second kappa shape index (κ2) is 8.24. The van der Waals surface area contributed by atoms with Crippen LogP contribution < -0.4 is 5.32 Å². The van der Waals surface area contributed by atoms with Gasteiger partial charge in [-0.2, -0.15) is 0 Å². The highest BCUT2D eigenvalue weighted by Gasteiger charge is 2.24. The quantitative estimate of drug-likeness (QED) is 0.723. The van der Waals surface area contributed by atoms with Crippen LogP contribution in [0.3, 0.4) is 0 Å². The van der Waals surface area contributed by atoms with Crippen LogP contribution in [0.1, 0.15) is 25.7 Å². The number of hydrogen-bond acceptors (Lipinski definition) is 7. The van der Waals surface area contributed by atoms with Crippen LogP contribution in [-0.4, -0.2) is 43.7 Å². The van der Waals surface area contributed by atoms with Gasteiger partial charge in [-0.3, -0.25) is 9.59 Å². The maximum Gasteiger partial charge on any atom is 0.277 e. The number of pyridine rings is 1. The van der Waals surface area contributed by atoms with Gasteiger partial charge in [0, 0.05) is 19.2 Å². The van der Waals surface area contributed by atoms with Crippen molar-refractivity contribution in [1.29, 1.82) is 0 Å². The molecule has 1 saturated heterocycles. The smallest absolute Gasteiger partial charge is 0.277 e. The molecule has 8 nitrogen and oxygen atoms in total. The Labute approximate surface area is 163 Å². The van der Waals surface area contributed by atoms with Crippen molar-refractivity contribution < 1.29 is 14.0 Å². The van der Waals surface area contributed by atoms with Crippen LogP contribution in [0.4, 0.5) is 5.82 Å². The van der Waals surface area contributed by atoms with Crippen LogP contribution in [0, 0.1) is 0 Å². The average molecular weight is 416 g/mol. The number of rotatable bonds is 6. The molecular formula is C15H15Cl2N5O3S. The molecule has 0 aromatic carbocycles.